The average Bonchev–Trinajstić information content (AvgIpc) is 2.05. The first-order valence-electron chi connectivity index (χ1n) is 3.62. The van der Waals surface area contributed by atoms with E-state index in [2.05, 4.69) is 5.32 Å². The zero-order valence-electron chi connectivity index (χ0n) is 6.46. The molecule has 2 unspecified atom stereocenters. The van der Waals surface area contributed by atoms with Crippen LogP contribution in [-0.2, 0) is 0 Å². The zero-order chi connectivity index (χ0) is 7.78. The normalized spacial score (nSPS) is 38.4. The fourth-order valence-electron chi connectivity index (χ4n) is 1.51. The molecular formula is C7H15NO2. The first kappa shape index (κ1) is 7.98. The summed E-state index contributed by atoms with van der Waals surface area (Å²) in [5, 5.41) is 21.0. The second-order valence-corrected chi connectivity index (χ2v) is 3.62. The summed E-state index contributed by atoms with van der Waals surface area (Å²) < 4.78 is 0. The molecule has 3 nitrogen and oxygen atoms in total. The van der Waals surface area contributed by atoms with Crippen molar-refractivity contribution in [2.45, 2.75) is 32.0 Å². The van der Waals surface area contributed by atoms with Gasteiger partial charge in [-0.3, -0.25) is 5.32 Å². The van der Waals surface area contributed by atoms with Gasteiger partial charge < -0.3 is 10.2 Å². The molecule has 1 aliphatic rings. The van der Waals surface area contributed by atoms with Crippen LogP contribution in [0.1, 0.15) is 20.3 Å². The van der Waals surface area contributed by atoms with Crippen molar-refractivity contribution in [2.24, 2.45) is 5.92 Å². The summed E-state index contributed by atoms with van der Waals surface area (Å²) in [6.45, 7) is 4.11. The van der Waals surface area contributed by atoms with Crippen LogP contribution in [0.25, 0.3) is 0 Å². The molecule has 10 heavy (non-hydrogen) atoms. The maximum atomic E-state index is 9.25. The van der Waals surface area contributed by atoms with Crippen molar-refractivity contribution in [2.75, 3.05) is 6.61 Å². The molecule has 0 amide bonds. The summed E-state index contributed by atoms with van der Waals surface area (Å²) in [6.07, 6.45) is 0.310. The molecule has 0 saturated carbocycles. The van der Waals surface area contributed by atoms with Crippen LogP contribution in [0.4, 0.5) is 0 Å². The second-order valence-electron chi connectivity index (χ2n) is 3.62. The molecule has 1 rings (SSSR count). The summed E-state index contributed by atoms with van der Waals surface area (Å²) in [4.78, 5) is 0. The highest BCUT2D eigenvalue weighted by Crippen LogP contribution is 2.26. The van der Waals surface area contributed by atoms with Crippen LogP contribution in [-0.4, -0.2) is 28.6 Å². The van der Waals surface area contributed by atoms with Gasteiger partial charge >= 0.3 is 0 Å². The quantitative estimate of drug-likeness (QED) is 0.474. The minimum Gasteiger partial charge on any atom is -0.396 e. The van der Waals surface area contributed by atoms with Crippen LogP contribution in [0.5, 0.6) is 0 Å². The highest BCUT2D eigenvalue weighted by molar-refractivity contribution is 4.91. The lowest BCUT2D eigenvalue weighted by molar-refractivity contribution is 0.0738. The van der Waals surface area contributed by atoms with Gasteiger partial charge in [0.1, 0.15) is 6.23 Å². The molecule has 0 aliphatic carbocycles. The number of hydrogen-bond donors (Lipinski definition) is 3. The maximum Gasteiger partial charge on any atom is 0.110 e. The van der Waals surface area contributed by atoms with E-state index < -0.39 is 6.23 Å². The molecule has 0 aromatic carbocycles. The third-order valence-electron chi connectivity index (χ3n) is 1.99. The number of nitrogens with one attached hydrogen (secondary N) is 1. The average molecular weight is 145 g/mol. The topological polar surface area (TPSA) is 52.5 Å². The lowest BCUT2D eigenvalue weighted by atomic mass is 9.97. The fraction of sp³-hybridized carbons (Fsp3) is 1.00. The van der Waals surface area contributed by atoms with E-state index in [1.807, 2.05) is 13.8 Å². The largest absolute Gasteiger partial charge is 0.396 e. The molecule has 0 spiro atoms. The van der Waals surface area contributed by atoms with Crippen LogP contribution in [0.15, 0.2) is 0 Å². The van der Waals surface area contributed by atoms with Gasteiger partial charge in [-0.1, -0.05) is 0 Å². The van der Waals surface area contributed by atoms with Gasteiger partial charge in [0.2, 0.25) is 0 Å². The van der Waals surface area contributed by atoms with E-state index in [0.29, 0.717) is 0 Å². The zero-order valence-corrected chi connectivity index (χ0v) is 6.46. The Hall–Kier alpha value is -0.120. The van der Waals surface area contributed by atoms with Crippen molar-refractivity contribution >= 4 is 0 Å². The van der Waals surface area contributed by atoms with E-state index in [1.165, 1.54) is 0 Å². The first-order chi connectivity index (χ1) is 4.55. The van der Waals surface area contributed by atoms with Gasteiger partial charge in [0.05, 0.1) is 0 Å². The molecule has 3 heteroatoms. The summed E-state index contributed by atoms with van der Waals surface area (Å²) in [6, 6.07) is 0. The van der Waals surface area contributed by atoms with E-state index in [0.717, 1.165) is 6.42 Å². The van der Waals surface area contributed by atoms with Gasteiger partial charge in [-0.15, -0.1) is 0 Å². The van der Waals surface area contributed by atoms with Crippen molar-refractivity contribution in [3.8, 4) is 0 Å². The Kier molecular flexibility index (Phi) is 1.99. The minimum absolute atomic E-state index is 0.00926. The van der Waals surface area contributed by atoms with Gasteiger partial charge in [0.25, 0.3) is 0 Å². The van der Waals surface area contributed by atoms with E-state index in [4.69, 9.17) is 5.11 Å². The van der Waals surface area contributed by atoms with Gasteiger partial charge in [-0.2, -0.15) is 0 Å². The monoisotopic (exact) mass is 145 g/mol. The number of aliphatic hydroxyl groups is 2. The van der Waals surface area contributed by atoms with Crippen molar-refractivity contribution < 1.29 is 10.2 Å². The molecule has 60 valence electrons. The van der Waals surface area contributed by atoms with E-state index >= 15 is 0 Å². The Morgan fingerprint density at radius 1 is 1.60 bits per heavy atom. The summed E-state index contributed by atoms with van der Waals surface area (Å²) in [5.74, 6) is 0.00926. The van der Waals surface area contributed by atoms with Crippen molar-refractivity contribution in [1.29, 1.82) is 0 Å². The van der Waals surface area contributed by atoms with Gasteiger partial charge in [0.15, 0.2) is 0 Å². The Morgan fingerprint density at radius 3 is 2.40 bits per heavy atom. The van der Waals surface area contributed by atoms with Crippen LogP contribution in [0, 0.1) is 5.92 Å². The number of aliphatic hydroxyl groups excluding tert-OH is 2. The number of hydrogen-bond acceptors (Lipinski definition) is 3. The first-order valence-corrected chi connectivity index (χ1v) is 3.62. The molecule has 0 aromatic heterocycles. The predicted octanol–water partition coefficient (Wildman–Crippen LogP) is -0.315. The SMILES string of the molecule is CC1(C)CC(CO)C(O)N1. The number of rotatable bonds is 1. The van der Waals surface area contributed by atoms with Gasteiger partial charge in [0, 0.05) is 18.1 Å². The predicted molar refractivity (Wildman–Crippen MR) is 38.4 cm³/mol. The van der Waals surface area contributed by atoms with Crippen LogP contribution >= 0.6 is 0 Å². The standard InChI is InChI=1S/C7H15NO2/c1-7(2)3-5(4-9)6(10)8-7/h5-6,8-10H,3-4H2,1-2H3. The van der Waals surface area contributed by atoms with E-state index in [-0.39, 0.29) is 18.1 Å². The highest BCUT2D eigenvalue weighted by Gasteiger charge is 2.36. The summed E-state index contributed by atoms with van der Waals surface area (Å²) in [5.41, 5.74) is -0.0210. The molecule has 0 bridgehead atoms. The fourth-order valence-corrected chi connectivity index (χ4v) is 1.51. The second kappa shape index (κ2) is 2.49. The van der Waals surface area contributed by atoms with Crippen LogP contribution in [0.3, 0.4) is 0 Å². The summed E-state index contributed by atoms with van der Waals surface area (Å²) in [7, 11) is 0. The lowest BCUT2D eigenvalue weighted by Gasteiger charge is -2.17. The van der Waals surface area contributed by atoms with Crippen molar-refractivity contribution in [3.05, 3.63) is 0 Å². The molecule has 1 fully saturated rings. The molecule has 0 aromatic rings. The lowest BCUT2D eigenvalue weighted by Crippen LogP contribution is -2.37. The Balaban J connectivity index is 2.52. The molecule has 1 aliphatic heterocycles. The summed E-state index contributed by atoms with van der Waals surface area (Å²) >= 11 is 0. The van der Waals surface area contributed by atoms with Crippen molar-refractivity contribution in [1.82, 2.24) is 5.32 Å². The smallest absolute Gasteiger partial charge is 0.110 e. The van der Waals surface area contributed by atoms with Crippen LogP contribution < -0.4 is 5.32 Å². The van der Waals surface area contributed by atoms with Gasteiger partial charge in [-0.25, -0.2) is 0 Å². The molecule has 1 saturated heterocycles. The van der Waals surface area contributed by atoms with E-state index in [1.54, 1.807) is 0 Å². The molecule has 1 heterocycles. The van der Waals surface area contributed by atoms with Crippen molar-refractivity contribution in [3.63, 3.8) is 0 Å². The molecular weight excluding hydrogens is 130 g/mol. The molecule has 2 atom stereocenters. The Bertz CT molecular complexity index is 125. The van der Waals surface area contributed by atoms with Gasteiger partial charge in [-0.05, 0) is 20.3 Å². The van der Waals surface area contributed by atoms with E-state index in [9.17, 15) is 5.11 Å². The highest BCUT2D eigenvalue weighted by atomic mass is 16.3. The molecule has 0 radical (unpaired) electrons. The third kappa shape index (κ3) is 1.48. The maximum absolute atomic E-state index is 9.25. The molecule has 3 N–H and O–H groups in total. The Labute approximate surface area is 61.1 Å². The Morgan fingerprint density at radius 2 is 2.20 bits per heavy atom. The third-order valence-corrected chi connectivity index (χ3v) is 1.99. The van der Waals surface area contributed by atoms with Crippen LogP contribution in [0.2, 0.25) is 0 Å². The minimum atomic E-state index is -0.528.